The van der Waals surface area contributed by atoms with E-state index in [1.807, 2.05) is 7.05 Å². The smallest absolute Gasteiger partial charge is 0.00161 e. The van der Waals surface area contributed by atoms with Crippen molar-refractivity contribution in [1.29, 1.82) is 0 Å². The Labute approximate surface area is 89.5 Å². The lowest BCUT2D eigenvalue weighted by Crippen LogP contribution is -2.31. The van der Waals surface area contributed by atoms with Crippen LogP contribution in [-0.2, 0) is 0 Å². The summed E-state index contributed by atoms with van der Waals surface area (Å²) in [7, 11) is 8.48. The third-order valence-electron chi connectivity index (χ3n) is 2.32. The van der Waals surface area contributed by atoms with Crippen LogP contribution >= 0.6 is 0 Å². The van der Waals surface area contributed by atoms with Gasteiger partial charge in [0.25, 0.3) is 0 Å². The minimum absolute atomic E-state index is 0.740. The standard InChI is InChI=1S/C11H27N3/c1-11(9-12-2)10-14(5)8-6-7-13(3)4/h11-12H,6-10H2,1-5H3. The third kappa shape index (κ3) is 8.48. The SMILES string of the molecule is CNCC(C)CN(C)CCCN(C)C. The summed E-state index contributed by atoms with van der Waals surface area (Å²) >= 11 is 0. The van der Waals surface area contributed by atoms with E-state index in [9.17, 15) is 0 Å². The molecule has 0 radical (unpaired) electrons. The summed E-state index contributed by atoms with van der Waals surface area (Å²) in [6.45, 7) is 6.97. The molecule has 0 rings (SSSR count). The molecule has 0 aromatic rings. The van der Waals surface area contributed by atoms with Gasteiger partial charge in [-0.3, -0.25) is 0 Å². The van der Waals surface area contributed by atoms with Crippen LogP contribution in [0.4, 0.5) is 0 Å². The van der Waals surface area contributed by atoms with Gasteiger partial charge in [-0.05, 0) is 60.2 Å². The molecule has 0 saturated carbocycles. The minimum atomic E-state index is 0.740. The lowest BCUT2D eigenvalue weighted by atomic mass is 10.1. The van der Waals surface area contributed by atoms with Crippen molar-refractivity contribution in [3.8, 4) is 0 Å². The summed E-state index contributed by atoms with van der Waals surface area (Å²) < 4.78 is 0. The van der Waals surface area contributed by atoms with Crippen molar-refractivity contribution in [3.05, 3.63) is 0 Å². The molecule has 1 unspecified atom stereocenters. The molecule has 14 heavy (non-hydrogen) atoms. The maximum Gasteiger partial charge on any atom is 0.00161 e. The minimum Gasteiger partial charge on any atom is -0.319 e. The number of nitrogens with zero attached hydrogens (tertiary/aromatic N) is 2. The van der Waals surface area contributed by atoms with Crippen molar-refractivity contribution < 1.29 is 0 Å². The second-order valence-corrected chi connectivity index (χ2v) is 4.58. The molecule has 0 amide bonds. The summed E-state index contributed by atoms with van der Waals surface area (Å²) in [6.07, 6.45) is 1.26. The fourth-order valence-corrected chi connectivity index (χ4v) is 1.69. The Kier molecular flexibility index (Phi) is 8.14. The van der Waals surface area contributed by atoms with E-state index in [-0.39, 0.29) is 0 Å². The van der Waals surface area contributed by atoms with Crippen LogP contribution in [0.3, 0.4) is 0 Å². The zero-order valence-corrected chi connectivity index (χ0v) is 10.5. The molecular weight excluding hydrogens is 174 g/mol. The van der Waals surface area contributed by atoms with Gasteiger partial charge in [-0.2, -0.15) is 0 Å². The molecule has 0 aliphatic heterocycles. The van der Waals surface area contributed by atoms with E-state index in [1.54, 1.807) is 0 Å². The van der Waals surface area contributed by atoms with Crippen molar-refractivity contribution in [2.45, 2.75) is 13.3 Å². The molecule has 0 aromatic carbocycles. The van der Waals surface area contributed by atoms with Crippen LogP contribution in [0, 0.1) is 5.92 Å². The zero-order valence-electron chi connectivity index (χ0n) is 10.5. The number of hydrogen-bond donors (Lipinski definition) is 1. The molecule has 3 heteroatoms. The maximum absolute atomic E-state index is 3.21. The predicted molar refractivity (Wildman–Crippen MR) is 63.8 cm³/mol. The van der Waals surface area contributed by atoms with Crippen molar-refractivity contribution >= 4 is 0 Å². The van der Waals surface area contributed by atoms with Crippen molar-refractivity contribution in [3.63, 3.8) is 0 Å². The first-order valence-corrected chi connectivity index (χ1v) is 5.54. The third-order valence-corrected chi connectivity index (χ3v) is 2.32. The second-order valence-electron chi connectivity index (χ2n) is 4.58. The van der Waals surface area contributed by atoms with Crippen molar-refractivity contribution in [1.82, 2.24) is 15.1 Å². The van der Waals surface area contributed by atoms with Crippen LogP contribution < -0.4 is 5.32 Å². The highest BCUT2D eigenvalue weighted by atomic mass is 15.1. The first-order valence-electron chi connectivity index (χ1n) is 5.54. The van der Waals surface area contributed by atoms with Gasteiger partial charge in [0.05, 0.1) is 0 Å². The maximum atomic E-state index is 3.21. The quantitative estimate of drug-likeness (QED) is 0.624. The van der Waals surface area contributed by atoms with Crippen molar-refractivity contribution in [2.24, 2.45) is 5.92 Å². The van der Waals surface area contributed by atoms with Gasteiger partial charge in [0.15, 0.2) is 0 Å². The molecule has 0 saturated heterocycles. The fourth-order valence-electron chi connectivity index (χ4n) is 1.69. The highest BCUT2D eigenvalue weighted by molar-refractivity contribution is 4.61. The Morgan fingerprint density at radius 1 is 1.14 bits per heavy atom. The van der Waals surface area contributed by atoms with Crippen LogP contribution in [0.2, 0.25) is 0 Å². The molecule has 0 aliphatic carbocycles. The molecular formula is C11H27N3. The van der Waals surface area contributed by atoms with E-state index in [0.717, 1.165) is 12.5 Å². The first-order chi connectivity index (χ1) is 6.56. The van der Waals surface area contributed by atoms with E-state index in [1.165, 1.54) is 26.1 Å². The molecule has 0 heterocycles. The predicted octanol–water partition coefficient (Wildman–Crippen LogP) is 0.725. The normalized spacial score (nSPS) is 13.9. The summed E-state index contributed by atoms with van der Waals surface area (Å²) in [5.41, 5.74) is 0. The Hall–Kier alpha value is -0.120. The largest absolute Gasteiger partial charge is 0.319 e. The van der Waals surface area contributed by atoms with Crippen molar-refractivity contribution in [2.75, 3.05) is 54.4 Å². The van der Waals surface area contributed by atoms with Gasteiger partial charge < -0.3 is 15.1 Å². The van der Waals surface area contributed by atoms with E-state index in [2.05, 4.69) is 43.2 Å². The first kappa shape index (κ1) is 13.9. The van der Waals surface area contributed by atoms with Crippen LogP contribution in [0.5, 0.6) is 0 Å². The zero-order chi connectivity index (χ0) is 11.0. The highest BCUT2D eigenvalue weighted by Gasteiger charge is 2.04. The van der Waals surface area contributed by atoms with E-state index >= 15 is 0 Å². The van der Waals surface area contributed by atoms with Crippen LogP contribution in [0.25, 0.3) is 0 Å². The number of nitrogens with one attached hydrogen (secondary N) is 1. The topological polar surface area (TPSA) is 18.5 Å². The average Bonchev–Trinajstić information content (AvgIpc) is 2.03. The second kappa shape index (κ2) is 8.21. The Morgan fingerprint density at radius 3 is 2.29 bits per heavy atom. The van der Waals surface area contributed by atoms with Gasteiger partial charge in [0.2, 0.25) is 0 Å². The molecule has 0 aromatic heterocycles. The molecule has 86 valence electrons. The van der Waals surface area contributed by atoms with Gasteiger partial charge in [0.1, 0.15) is 0 Å². The van der Waals surface area contributed by atoms with Gasteiger partial charge in [-0.25, -0.2) is 0 Å². The Bertz CT molecular complexity index is 126. The van der Waals surface area contributed by atoms with E-state index in [0.29, 0.717) is 0 Å². The Morgan fingerprint density at radius 2 is 1.79 bits per heavy atom. The lowest BCUT2D eigenvalue weighted by molar-refractivity contribution is 0.265. The molecule has 0 fully saturated rings. The number of rotatable bonds is 8. The summed E-state index contributed by atoms with van der Waals surface area (Å²) in [4.78, 5) is 4.66. The molecule has 1 atom stereocenters. The summed E-state index contributed by atoms with van der Waals surface area (Å²) in [6, 6.07) is 0. The molecule has 1 N–H and O–H groups in total. The average molecular weight is 201 g/mol. The van der Waals surface area contributed by atoms with Crippen LogP contribution in [0.1, 0.15) is 13.3 Å². The van der Waals surface area contributed by atoms with E-state index in [4.69, 9.17) is 0 Å². The van der Waals surface area contributed by atoms with Gasteiger partial charge in [-0.15, -0.1) is 0 Å². The van der Waals surface area contributed by atoms with Gasteiger partial charge >= 0.3 is 0 Å². The fraction of sp³-hybridized carbons (Fsp3) is 1.00. The van der Waals surface area contributed by atoms with Gasteiger partial charge in [-0.1, -0.05) is 6.92 Å². The lowest BCUT2D eigenvalue weighted by Gasteiger charge is -2.21. The summed E-state index contributed by atoms with van der Waals surface area (Å²) in [5, 5.41) is 3.21. The molecule has 0 aliphatic rings. The van der Waals surface area contributed by atoms with Crippen LogP contribution in [-0.4, -0.2) is 64.2 Å². The van der Waals surface area contributed by atoms with Gasteiger partial charge in [0, 0.05) is 6.54 Å². The van der Waals surface area contributed by atoms with E-state index < -0.39 is 0 Å². The van der Waals surface area contributed by atoms with Crippen LogP contribution in [0.15, 0.2) is 0 Å². The Balaban J connectivity index is 3.39. The highest BCUT2D eigenvalue weighted by Crippen LogP contribution is 1.97. The monoisotopic (exact) mass is 201 g/mol. The molecule has 0 spiro atoms. The number of hydrogen-bond acceptors (Lipinski definition) is 3. The summed E-state index contributed by atoms with van der Waals surface area (Å²) in [5.74, 6) is 0.740. The molecule has 3 nitrogen and oxygen atoms in total. The molecule has 0 bridgehead atoms.